The first kappa shape index (κ1) is 21.1. The third-order valence-corrected chi connectivity index (χ3v) is 7.35. The summed E-state index contributed by atoms with van der Waals surface area (Å²) in [6.45, 7) is 0.304. The number of hydrogen-bond acceptors (Lipinski definition) is 8. The van der Waals surface area contributed by atoms with E-state index >= 15 is 0 Å². The number of carbonyl (C=O) groups excluding carboxylic acids is 1. The van der Waals surface area contributed by atoms with Crippen LogP contribution in [0.2, 0.25) is 0 Å². The van der Waals surface area contributed by atoms with Gasteiger partial charge < -0.3 is 5.32 Å². The molecule has 4 aromatic rings. The Hall–Kier alpha value is -3.15. The molecule has 8 nitrogen and oxygen atoms in total. The lowest BCUT2D eigenvalue weighted by Gasteiger charge is -2.04. The number of thiazole rings is 2. The highest BCUT2D eigenvalue weighted by Gasteiger charge is 2.16. The minimum atomic E-state index is -3.71. The highest BCUT2D eigenvalue weighted by Crippen LogP contribution is 2.23. The molecule has 0 aliphatic heterocycles. The van der Waals surface area contributed by atoms with Gasteiger partial charge in [-0.3, -0.25) is 14.5 Å². The van der Waals surface area contributed by atoms with Crippen LogP contribution in [0.5, 0.6) is 0 Å². The molecule has 0 spiro atoms. The molecule has 0 saturated heterocycles. The molecule has 0 saturated carbocycles. The molecular formula is C20H17N5O3S3. The normalized spacial score (nSPS) is 11.2. The maximum Gasteiger partial charge on any atom is 0.263 e. The molecule has 1 amide bonds. The zero-order valence-electron chi connectivity index (χ0n) is 16.1. The van der Waals surface area contributed by atoms with Crippen molar-refractivity contribution in [3.63, 3.8) is 0 Å². The molecular weight excluding hydrogens is 454 g/mol. The highest BCUT2D eigenvalue weighted by atomic mass is 32.2. The molecule has 0 unspecified atom stereocenters. The van der Waals surface area contributed by atoms with Crippen LogP contribution in [0.3, 0.4) is 0 Å². The first-order valence-corrected chi connectivity index (χ1v) is 12.4. The molecule has 158 valence electrons. The van der Waals surface area contributed by atoms with Crippen LogP contribution in [-0.2, 0) is 27.8 Å². The first-order valence-electron chi connectivity index (χ1n) is 9.13. The van der Waals surface area contributed by atoms with Gasteiger partial charge in [-0.05, 0) is 24.3 Å². The summed E-state index contributed by atoms with van der Waals surface area (Å²) in [5.74, 6) is -0.221. The van der Waals surface area contributed by atoms with Crippen molar-refractivity contribution in [3.05, 3.63) is 77.0 Å². The number of amides is 1. The zero-order chi connectivity index (χ0) is 21.7. The second kappa shape index (κ2) is 9.33. The van der Waals surface area contributed by atoms with E-state index in [0.717, 1.165) is 27.6 Å². The summed E-state index contributed by atoms with van der Waals surface area (Å²) in [7, 11) is -3.71. The van der Waals surface area contributed by atoms with Crippen LogP contribution >= 0.6 is 22.7 Å². The topological polar surface area (TPSA) is 114 Å². The molecule has 1 aromatic carbocycles. The van der Waals surface area contributed by atoms with Crippen molar-refractivity contribution in [1.29, 1.82) is 0 Å². The van der Waals surface area contributed by atoms with Gasteiger partial charge in [0.25, 0.3) is 10.0 Å². The molecule has 31 heavy (non-hydrogen) atoms. The third-order valence-electron chi connectivity index (χ3n) is 4.11. The van der Waals surface area contributed by atoms with Gasteiger partial charge in [0.2, 0.25) is 5.91 Å². The number of anilines is 1. The van der Waals surface area contributed by atoms with Crippen molar-refractivity contribution < 1.29 is 13.2 Å². The molecule has 0 fully saturated rings. The molecule has 3 aromatic heterocycles. The van der Waals surface area contributed by atoms with Crippen LogP contribution in [0.1, 0.15) is 11.4 Å². The lowest BCUT2D eigenvalue weighted by molar-refractivity contribution is -0.120. The molecule has 0 radical (unpaired) electrons. The minimum Gasteiger partial charge on any atom is -0.350 e. The third kappa shape index (κ3) is 5.51. The van der Waals surface area contributed by atoms with Crippen LogP contribution in [0.4, 0.5) is 5.13 Å². The van der Waals surface area contributed by atoms with E-state index in [1.165, 1.54) is 23.5 Å². The molecule has 11 heteroatoms. The number of rotatable bonds is 8. The van der Waals surface area contributed by atoms with Gasteiger partial charge in [0.1, 0.15) is 5.01 Å². The van der Waals surface area contributed by atoms with Gasteiger partial charge in [0, 0.05) is 28.7 Å². The van der Waals surface area contributed by atoms with Crippen LogP contribution in [0.15, 0.2) is 70.5 Å². The quantitative estimate of drug-likeness (QED) is 0.407. The van der Waals surface area contributed by atoms with Crippen molar-refractivity contribution in [2.45, 2.75) is 17.9 Å². The summed E-state index contributed by atoms with van der Waals surface area (Å²) in [5.41, 5.74) is 2.23. The van der Waals surface area contributed by atoms with Gasteiger partial charge in [-0.2, -0.15) is 0 Å². The molecule has 0 bridgehead atoms. The van der Waals surface area contributed by atoms with Crippen molar-refractivity contribution in [3.8, 4) is 10.6 Å². The number of sulfonamides is 1. The van der Waals surface area contributed by atoms with Crippen molar-refractivity contribution >= 4 is 43.7 Å². The largest absolute Gasteiger partial charge is 0.350 e. The molecule has 3 heterocycles. The summed E-state index contributed by atoms with van der Waals surface area (Å²) in [4.78, 5) is 25.1. The number of hydrogen-bond donors (Lipinski definition) is 2. The van der Waals surface area contributed by atoms with Crippen LogP contribution in [0, 0.1) is 0 Å². The Balaban J connectivity index is 1.31. The number of pyridine rings is 1. The van der Waals surface area contributed by atoms with E-state index in [2.05, 4.69) is 25.0 Å². The number of aromatic nitrogens is 3. The number of carbonyl (C=O) groups is 1. The Kier molecular flexibility index (Phi) is 6.35. The lowest BCUT2D eigenvalue weighted by atomic mass is 10.3. The highest BCUT2D eigenvalue weighted by molar-refractivity contribution is 7.93. The lowest BCUT2D eigenvalue weighted by Crippen LogP contribution is -2.24. The Morgan fingerprint density at radius 3 is 2.45 bits per heavy atom. The van der Waals surface area contributed by atoms with E-state index in [1.54, 1.807) is 36.0 Å². The summed E-state index contributed by atoms with van der Waals surface area (Å²) in [6.07, 6.45) is 3.46. The van der Waals surface area contributed by atoms with Gasteiger partial charge in [0.15, 0.2) is 5.13 Å². The minimum absolute atomic E-state index is 0.0465. The molecule has 0 aliphatic rings. The van der Waals surface area contributed by atoms with E-state index in [1.807, 2.05) is 17.5 Å². The number of benzene rings is 1. The van der Waals surface area contributed by atoms with Gasteiger partial charge >= 0.3 is 0 Å². The average Bonchev–Trinajstić information content (AvgIpc) is 3.43. The molecule has 2 N–H and O–H groups in total. The van der Waals surface area contributed by atoms with Crippen LogP contribution in [-0.4, -0.2) is 29.3 Å². The van der Waals surface area contributed by atoms with Crippen LogP contribution in [0.25, 0.3) is 10.6 Å². The van der Waals surface area contributed by atoms with Crippen molar-refractivity contribution in [2.75, 3.05) is 4.72 Å². The Morgan fingerprint density at radius 2 is 1.68 bits per heavy atom. The Labute approximate surface area is 187 Å². The van der Waals surface area contributed by atoms with E-state index in [-0.39, 0.29) is 22.4 Å². The maximum atomic E-state index is 12.4. The maximum absolute atomic E-state index is 12.4. The standard InChI is InChI=1S/C20H17N5O3S3/c26-18(22-11-16-13-29-19(23-16)14-6-8-21-9-7-14)10-15-12-30-20(24-15)25-31(27,28)17-4-2-1-3-5-17/h1-9,12-13H,10-11H2,(H,22,26)(H,24,25). The van der Waals surface area contributed by atoms with E-state index in [4.69, 9.17) is 0 Å². The summed E-state index contributed by atoms with van der Waals surface area (Å²) >= 11 is 2.63. The van der Waals surface area contributed by atoms with E-state index < -0.39 is 10.0 Å². The van der Waals surface area contributed by atoms with Crippen LogP contribution < -0.4 is 10.0 Å². The van der Waals surface area contributed by atoms with E-state index in [9.17, 15) is 13.2 Å². The fraction of sp³-hybridized carbons (Fsp3) is 0.100. The predicted molar refractivity (Wildman–Crippen MR) is 120 cm³/mol. The smallest absolute Gasteiger partial charge is 0.263 e. The Bertz CT molecular complexity index is 1270. The van der Waals surface area contributed by atoms with Crippen molar-refractivity contribution in [1.82, 2.24) is 20.3 Å². The first-order chi connectivity index (χ1) is 15.0. The molecule has 0 aliphatic carbocycles. The second-order valence-electron chi connectivity index (χ2n) is 6.40. The zero-order valence-corrected chi connectivity index (χ0v) is 18.5. The van der Waals surface area contributed by atoms with E-state index in [0.29, 0.717) is 12.2 Å². The summed E-state index contributed by atoms with van der Waals surface area (Å²) in [6, 6.07) is 11.8. The average molecular weight is 472 g/mol. The SMILES string of the molecule is O=C(Cc1csc(NS(=O)(=O)c2ccccc2)n1)NCc1csc(-c2ccncc2)n1. The number of nitrogens with zero attached hydrogens (tertiary/aromatic N) is 3. The van der Waals surface area contributed by atoms with Gasteiger partial charge in [-0.25, -0.2) is 18.4 Å². The predicted octanol–water partition coefficient (Wildman–Crippen LogP) is 3.32. The molecule has 4 rings (SSSR count). The summed E-state index contributed by atoms with van der Waals surface area (Å²) in [5, 5.41) is 7.45. The molecule has 0 atom stereocenters. The fourth-order valence-electron chi connectivity index (χ4n) is 2.64. The fourth-order valence-corrected chi connectivity index (χ4v) is 5.45. The van der Waals surface area contributed by atoms with Gasteiger partial charge in [-0.1, -0.05) is 18.2 Å². The summed E-state index contributed by atoms with van der Waals surface area (Å²) < 4.78 is 27.2. The monoisotopic (exact) mass is 471 g/mol. The van der Waals surface area contributed by atoms with Gasteiger partial charge in [-0.15, -0.1) is 22.7 Å². The second-order valence-corrected chi connectivity index (χ2v) is 9.79. The Morgan fingerprint density at radius 1 is 0.935 bits per heavy atom. The number of nitrogens with one attached hydrogen (secondary N) is 2. The van der Waals surface area contributed by atoms with Gasteiger partial charge in [0.05, 0.1) is 29.2 Å². The van der Waals surface area contributed by atoms with Crippen molar-refractivity contribution in [2.24, 2.45) is 0 Å².